The number of ether oxygens (including phenoxy) is 1. The summed E-state index contributed by atoms with van der Waals surface area (Å²) in [5.41, 5.74) is 17.9. The van der Waals surface area contributed by atoms with Crippen LogP contribution in [-0.4, -0.2) is 65.2 Å². The maximum atomic E-state index is 11.9. The third-order valence-corrected chi connectivity index (χ3v) is 4.54. The Labute approximate surface area is 133 Å². The van der Waals surface area contributed by atoms with Crippen LogP contribution in [0.15, 0.2) is 4.99 Å². The summed E-state index contributed by atoms with van der Waals surface area (Å²) in [6.07, 6.45) is 0.628. The second-order valence-electron chi connectivity index (χ2n) is 4.54. The van der Waals surface area contributed by atoms with E-state index in [1.165, 1.54) is 0 Å². The lowest BCUT2D eigenvalue weighted by molar-refractivity contribution is -0.146. The molecule has 0 rings (SSSR count). The number of hydrogen-bond donors (Lipinski definition) is 6. The fourth-order valence-corrected chi connectivity index (χ4v) is 2.32. The van der Waals surface area contributed by atoms with Gasteiger partial charge in [-0.15, -0.1) is 4.78 Å². The Hall–Kier alpha value is -1.72. The quantitative estimate of drug-likeness (QED) is 0.0617. The standard InChI is InChI=1S/C10H23N6O6P/c1-16(23(20,21)9(19)8(18)22-2)15-7(17)6(11)4-3-5-14-10(12)13/h6,9,19H,3-5,11H2,1-2H3,(H,15,17)(H,20,21)(H4,12,13,14). The molecule has 0 saturated carbocycles. The van der Waals surface area contributed by atoms with E-state index in [-0.39, 0.29) is 18.9 Å². The van der Waals surface area contributed by atoms with Crippen LogP contribution in [0.3, 0.4) is 0 Å². The first-order chi connectivity index (χ1) is 10.5. The lowest BCUT2D eigenvalue weighted by atomic mass is 10.1. The molecule has 13 heteroatoms. The van der Waals surface area contributed by atoms with Gasteiger partial charge in [-0.05, 0) is 12.8 Å². The molecule has 0 spiro atoms. The number of nitrogens with one attached hydrogen (secondary N) is 1. The molecule has 0 aromatic heterocycles. The molecule has 0 aliphatic heterocycles. The molecule has 0 bridgehead atoms. The number of aliphatic imine (C=N–C) groups is 1. The largest absolute Gasteiger partial charge is 0.467 e. The summed E-state index contributed by atoms with van der Waals surface area (Å²) in [6.45, 7) is 0.276. The number of nitrogens with zero attached hydrogens (tertiary/aromatic N) is 2. The third-order valence-electron chi connectivity index (χ3n) is 2.74. The highest BCUT2D eigenvalue weighted by Gasteiger charge is 2.41. The van der Waals surface area contributed by atoms with E-state index >= 15 is 0 Å². The Balaban J connectivity index is 4.55. The van der Waals surface area contributed by atoms with Crippen molar-refractivity contribution in [2.24, 2.45) is 22.2 Å². The van der Waals surface area contributed by atoms with Crippen LogP contribution in [0.5, 0.6) is 0 Å². The zero-order chi connectivity index (χ0) is 18.2. The van der Waals surface area contributed by atoms with Gasteiger partial charge in [0.05, 0.1) is 13.2 Å². The summed E-state index contributed by atoms with van der Waals surface area (Å²) in [5.74, 6) is -4.49. The van der Waals surface area contributed by atoms with E-state index in [1.807, 2.05) is 5.43 Å². The van der Waals surface area contributed by atoms with Crippen LogP contribution in [-0.2, 0) is 18.9 Å². The van der Waals surface area contributed by atoms with Crippen molar-refractivity contribution >= 4 is 25.4 Å². The highest BCUT2D eigenvalue weighted by molar-refractivity contribution is 7.57. The molecule has 0 aliphatic carbocycles. The van der Waals surface area contributed by atoms with Gasteiger partial charge in [-0.1, -0.05) is 0 Å². The van der Waals surface area contributed by atoms with Crippen LogP contribution < -0.4 is 22.6 Å². The highest BCUT2D eigenvalue weighted by Crippen LogP contribution is 2.47. The van der Waals surface area contributed by atoms with E-state index in [9.17, 15) is 24.2 Å². The van der Waals surface area contributed by atoms with Gasteiger partial charge in [0.15, 0.2) is 5.96 Å². The van der Waals surface area contributed by atoms with E-state index in [0.717, 1.165) is 14.2 Å². The van der Waals surface area contributed by atoms with Crippen molar-refractivity contribution in [1.29, 1.82) is 0 Å². The van der Waals surface area contributed by atoms with Crippen molar-refractivity contribution in [3.8, 4) is 0 Å². The Bertz CT molecular complexity index is 496. The first kappa shape index (κ1) is 21.3. The summed E-state index contributed by atoms with van der Waals surface area (Å²) in [4.78, 5) is 36.3. The molecule has 0 aromatic rings. The van der Waals surface area contributed by atoms with E-state index in [1.54, 1.807) is 0 Å². The summed E-state index contributed by atoms with van der Waals surface area (Å²) in [6, 6.07) is -0.998. The van der Waals surface area contributed by atoms with Crippen molar-refractivity contribution in [1.82, 2.24) is 10.2 Å². The molecule has 0 aromatic carbocycles. The maximum Gasteiger partial charge on any atom is 0.346 e. The molecule has 0 aliphatic rings. The van der Waals surface area contributed by atoms with Crippen molar-refractivity contribution in [2.75, 3.05) is 20.7 Å². The smallest absolute Gasteiger partial charge is 0.346 e. The number of methoxy groups -OCH3 is 1. The molecule has 3 atom stereocenters. The molecule has 12 nitrogen and oxygen atoms in total. The van der Waals surface area contributed by atoms with Gasteiger partial charge >= 0.3 is 13.5 Å². The zero-order valence-electron chi connectivity index (χ0n) is 12.9. The van der Waals surface area contributed by atoms with Gasteiger partial charge in [0.1, 0.15) is 0 Å². The molecule has 3 unspecified atom stereocenters. The number of carbonyl (C=O) groups is 2. The first-order valence-electron chi connectivity index (χ1n) is 6.48. The number of hydrazine groups is 1. The van der Waals surface area contributed by atoms with Gasteiger partial charge in [-0.3, -0.25) is 19.8 Å². The zero-order valence-corrected chi connectivity index (χ0v) is 13.8. The fraction of sp³-hybridized carbons (Fsp3) is 0.700. The average molecular weight is 354 g/mol. The minimum Gasteiger partial charge on any atom is -0.467 e. The topological polar surface area (TPSA) is 207 Å². The number of amides is 1. The van der Waals surface area contributed by atoms with Crippen LogP contribution in [0.2, 0.25) is 0 Å². The molecule has 134 valence electrons. The molecule has 1 amide bonds. The van der Waals surface area contributed by atoms with Gasteiger partial charge in [-0.2, -0.15) is 0 Å². The number of hydrogen-bond acceptors (Lipinski definition) is 7. The molecule has 9 N–H and O–H groups in total. The van der Waals surface area contributed by atoms with Gasteiger partial charge < -0.3 is 31.9 Å². The average Bonchev–Trinajstić information content (AvgIpc) is 2.49. The number of guanidine groups is 1. The number of nitrogens with two attached hydrogens (primary N) is 3. The Kier molecular flexibility index (Phi) is 8.72. The molecule has 0 fully saturated rings. The minimum atomic E-state index is -4.61. The Morgan fingerprint density at radius 2 is 2.00 bits per heavy atom. The highest BCUT2D eigenvalue weighted by atomic mass is 31.2. The molecular weight excluding hydrogens is 331 g/mol. The number of esters is 1. The fourth-order valence-electron chi connectivity index (χ4n) is 1.37. The van der Waals surface area contributed by atoms with E-state index in [2.05, 4.69) is 9.73 Å². The molecular formula is C10H23N6O6P. The number of carbonyl (C=O) groups excluding carboxylic acids is 2. The Morgan fingerprint density at radius 3 is 2.48 bits per heavy atom. The molecule has 0 radical (unpaired) electrons. The van der Waals surface area contributed by atoms with Crippen molar-refractivity contribution in [3.05, 3.63) is 0 Å². The molecule has 0 saturated heterocycles. The van der Waals surface area contributed by atoms with E-state index in [0.29, 0.717) is 11.2 Å². The monoisotopic (exact) mass is 354 g/mol. The summed E-state index contributed by atoms with van der Waals surface area (Å²) in [7, 11) is -2.66. The van der Waals surface area contributed by atoms with Crippen LogP contribution in [0.4, 0.5) is 0 Å². The van der Waals surface area contributed by atoms with Gasteiger partial charge in [-0.25, -0.2) is 4.79 Å². The summed E-state index contributed by atoms with van der Waals surface area (Å²) in [5, 5.41) is 9.44. The third kappa shape index (κ3) is 6.93. The number of rotatable bonds is 9. The van der Waals surface area contributed by atoms with E-state index < -0.39 is 31.3 Å². The van der Waals surface area contributed by atoms with Crippen LogP contribution in [0, 0.1) is 0 Å². The first-order valence-corrected chi connectivity index (χ1v) is 8.16. The van der Waals surface area contributed by atoms with Crippen LogP contribution in [0.1, 0.15) is 12.8 Å². The molecule has 23 heavy (non-hydrogen) atoms. The summed E-state index contributed by atoms with van der Waals surface area (Å²) >= 11 is 0. The van der Waals surface area contributed by atoms with Gasteiger partial charge in [0.25, 0.3) is 5.91 Å². The van der Waals surface area contributed by atoms with E-state index in [4.69, 9.17) is 17.2 Å². The van der Waals surface area contributed by atoms with Gasteiger partial charge in [0, 0.05) is 13.6 Å². The van der Waals surface area contributed by atoms with Crippen molar-refractivity contribution < 1.29 is 28.9 Å². The number of aliphatic hydroxyl groups is 1. The normalized spacial score (nSPS) is 16.1. The van der Waals surface area contributed by atoms with Crippen molar-refractivity contribution in [3.63, 3.8) is 0 Å². The predicted molar refractivity (Wildman–Crippen MR) is 81.6 cm³/mol. The van der Waals surface area contributed by atoms with Crippen molar-refractivity contribution in [2.45, 2.75) is 24.7 Å². The van der Waals surface area contributed by atoms with Gasteiger partial charge in [0.2, 0.25) is 5.85 Å². The molecule has 0 heterocycles. The lowest BCUT2D eigenvalue weighted by Gasteiger charge is -2.27. The Morgan fingerprint density at radius 1 is 1.43 bits per heavy atom. The SMILES string of the molecule is COC(=O)C(O)P(=O)(O)N(C)NC(=O)C(N)CCCN=C(N)N. The second kappa shape index (κ2) is 9.43. The summed E-state index contributed by atoms with van der Waals surface area (Å²) < 4.78 is 16.5. The maximum absolute atomic E-state index is 11.9. The minimum absolute atomic E-state index is 0.0826. The second-order valence-corrected chi connectivity index (χ2v) is 6.81. The van der Waals surface area contributed by atoms with Crippen LogP contribution >= 0.6 is 7.52 Å². The number of aliphatic hydroxyl groups excluding tert-OH is 1. The van der Waals surface area contributed by atoms with Crippen LogP contribution in [0.25, 0.3) is 0 Å². The predicted octanol–water partition coefficient (Wildman–Crippen LogP) is -2.99. The lowest BCUT2D eigenvalue weighted by Crippen LogP contribution is -2.48.